The molecule has 0 bridgehead atoms. The lowest BCUT2D eigenvalue weighted by Gasteiger charge is -2.27. The molecule has 2 rings (SSSR count). The fourth-order valence-corrected chi connectivity index (χ4v) is 3.71. The number of carbonyl (C=O) groups is 1. The maximum atomic E-state index is 11.7. The van der Waals surface area contributed by atoms with E-state index >= 15 is 0 Å². The zero-order chi connectivity index (χ0) is 12.8. The van der Waals surface area contributed by atoms with Crippen molar-refractivity contribution in [1.29, 1.82) is 0 Å². The number of thiophene rings is 1. The average molecular weight is 266 g/mol. The SMILES string of the molecule is CCOC(=O)CC1(CCc2cccs2)CCCC1. The van der Waals surface area contributed by atoms with Gasteiger partial charge in [-0.05, 0) is 49.5 Å². The smallest absolute Gasteiger partial charge is 0.306 e. The number of hydrogen-bond donors (Lipinski definition) is 0. The highest BCUT2D eigenvalue weighted by Gasteiger charge is 2.36. The first kappa shape index (κ1) is 13.6. The van der Waals surface area contributed by atoms with Crippen LogP contribution < -0.4 is 0 Å². The highest BCUT2D eigenvalue weighted by atomic mass is 32.1. The molecule has 0 aliphatic heterocycles. The van der Waals surface area contributed by atoms with Gasteiger partial charge < -0.3 is 4.74 Å². The summed E-state index contributed by atoms with van der Waals surface area (Å²) < 4.78 is 5.13. The van der Waals surface area contributed by atoms with Crippen molar-refractivity contribution in [2.45, 2.75) is 51.9 Å². The Bertz CT molecular complexity index is 364. The first-order chi connectivity index (χ1) is 8.74. The molecule has 0 unspecified atom stereocenters. The van der Waals surface area contributed by atoms with Gasteiger partial charge in [0.25, 0.3) is 0 Å². The highest BCUT2D eigenvalue weighted by molar-refractivity contribution is 7.09. The summed E-state index contributed by atoms with van der Waals surface area (Å²) in [6.45, 7) is 2.38. The quantitative estimate of drug-likeness (QED) is 0.721. The van der Waals surface area contributed by atoms with Gasteiger partial charge in [0, 0.05) is 4.88 Å². The Balaban J connectivity index is 1.91. The summed E-state index contributed by atoms with van der Waals surface area (Å²) >= 11 is 1.82. The van der Waals surface area contributed by atoms with Crippen LogP contribution in [-0.2, 0) is 16.0 Å². The molecule has 18 heavy (non-hydrogen) atoms. The summed E-state index contributed by atoms with van der Waals surface area (Å²) in [5.74, 6) is -0.00872. The van der Waals surface area contributed by atoms with Gasteiger partial charge in [-0.2, -0.15) is 0 Å². The molecule has 1 fully saturated rings. The average Bonchev–Trinajstić information content (AvgIpc) is 2.98. The summed E-state index contributed by atoms with van der Waals surface area (Å²) in [6.07, 6.45) is 7.78. The van der Waals surface area contributed by atoms with Crippen molar-refractivity contribution in [3.63, 3.8) is 0 Å². The normalized spacial score (nSPS) is 17.8. The number of esters is 1. The minimum atomic E-state index is -0.00872. The summed E-state index contributed by atoms with van der Waals surface area (Å²) in [5, 5.41) is 2.13. The van der Waals surface area contributed by atoms with Crippen LogP contribution >= 0.6 is 11.3 Å². The molecule has 0 saturated heterocycles. The summed E-state index contributed by atoms with van der Waals surface area (Å²) in [5.41, 5.74) is 0.218. The third kappa shape index (κ3) is 3.58. The minimum Gasteiger partial charge on any atom is -0.466 e. The fraction of sp³-hybridized carbons (Fsp3) is 0.667. The van der Waals surface area contributed by atoms with Gasteiger partial charge in [0.05, 0.1) is 13.0 Å². The lowest BCUT2D eigenvalue weighted by Crippen LogP contribution is -2.23. The van der Waals surface area contributed by atoms with Crippen molar-refractivity contribution in [3.8, 4) is 0 Å². The molecule has 2 nitrogen and oxygen atoms in total. The summed E-state index contributed by atoms with van der Waals surface area (Å²) in [4.78, 5) is 13.2. The molecule has 0 spiro atoms. The third-order valence-electron chi connectivity index (χ3n) is 3.97. The van der Waals surface area contributed by atoms with Gasteiger partial charge in [-0.3, -0.25) is 4.79 Å². The van der Waals surface area contributed by atoms with Crippen molar-refractivity contribution in [3.05, 3.63) is 22.4 Å². The van der Waals surface area contributed by atoms with Crippen LogP contribution in [0.15, 0.2) is 17.5 Å². The molecule has 0 aromatic carbocycles. The maximum absolute atomic E-state index is 11.7. The van der Waals surface area contributed by atoms with Gasteiger partial charge in [-0.15, -0.1) is 11.3 Å². The van der Waals surface area contributed by atoms with E-state index < -0.39 is 0 Å². The molecular formula is C15H22O2S. The number of hydrogen-bond acceptors (Lipinski definition) is 3. The fourth-order valence-electron chi connectivity index (χ4n) is 3.00. The predicted octanol–water partition coefficient (Wildman–Crippen LogP) is 4.19. The van der Waals surface area contributed by atoms with E-state index in [1.807, 2.05) is 18.3 Å². The van der Waals surface area contributed by atoms with Crippen LogP contribution in [0.2, 0.25) is 0 Å². The molecule has 1 saturated carbocycles. The molecule has 0 N–H and O–H groups in total. The van der Waals surface area contributed by atoms with Crippen LogP contribution in [0.4, 0.5) is 0 Å². The minimum absolute atomic E-state index is 0.00872. The lowest BCUT2D eigenvalue weighted by molar-refractivity contribution is -0.146. The Labute approximate surface area is 113 Å². The molecule has 100 valence electrons. The summed E-state index contributed by atoms with van der Waals surface area (Å²) in [6, 6.07) is 4.30. The topological polar surface area (TPSA) is 26.3 Å². The van der Waals surface area contributed by atoms with Gasteiger partial charge in [-0.25, -0.2) is 0 Å². The van der Waals surface area contributed by atoms with E-state index in [1.54, 1.807) is 0 Å². The lowest BCUT2D eigenvalue weighted by atomic mass is 9.78. The molecule has 1 aliphatic rings. The standard InChI is InChI=1S/C15H22O2S/c1-2-17-14(16)12-15(8-3-4-9-15)10-7-13-6-5-11-18-13/h5-6,11H,2-4,7-10,12H2,1H3. The Morgan fingerprint density at radius 3 is 2.83 bits per heavy atom. The molecule has 1 aliphatic carbocycles. The Morgan fingerprint density at radius 1 is 1.44 bits per heavy atom. The van der Waals surface area contributed by atoms with E-state index in [2.05, 4.69) is 17.5 Å². The molecular weight excluding hydrogens is 244 g/mol. The van der Waals surface area contributed by atoms with Crippen molar-refractivity contribution in [2.24, 2.45) is 5.41 Å². The first-order valence-electron chi connectivity index (χ1n) is 6.92. The molecule has 0 atom stereocenters. The summed E-state index contributed by atoms with van der Waals surface area (Å²) in [7, 11) is 0. The van der Waals surface area contributed by atoms with Gasteiger partial charge >= 0.3 is 5.97 Å². The monoisotopic (exact) mass is 266 g/mol. The Kier molecular flexibility index (Phi) is 4.81. The zero-order valence-corrected chi connectivity index (χ0v) is 11.9. The Morgan fingerprint density at radius 2 is 2.22 bits per heavy atom. The van der Waals surface area contributed by atoms with Crippen LogP contribution in [0.25, 0.3) is 0 Å². The number of rotatable bonds is 6. The van der Waals surface area contributed by atoms with Gasteiger partial charge in [0.15, 0.2) is 0 Å². The van der Waals surface area contributed by atoms with Crippen LogP contribution in [0.3, 0.4) is 0 Å². The highest BCUT2D eigenvalue weighted by Crippen LogP contribution is 2.45. The van der Waals surface area contributed by atoms with E-state index in [4.69, 9.17) is 4.74 Å². The van der Waals surface area contributed by atoms with E-state index in [9.17, 15) is 4.79 Å². The van der Waals surface area contributed by atoms with E-state index in [0.717, 1.165) is 12.8 Å². The van der Waals surface area contributed by atoms with Crippen molar-refractivity contribution in [2.75, 3.05) is 6.61 Å². The molecule has 3 heteroatoms. The second-order valence-electron chi connectivity index (χ2n) is 5.27. The number of carbonyl (C=O) groups excluding carboxylic acids is 1. The van der Waals surface area contributed by atoms with E-state index in [0.29, 0.717) is 13.0 Å². The maximum Gasteiger partial charge on any atom is 0.306 e. The van der Waals surface area contributed by atoms with Crippen LogP contribution in [0.5, 0.6) is 0 Å². The number of aryl methyl sites for hydroxylation is 1. The molecule has 0 radical (unpaired) electrons. The second-order valence-corrected chi connectivity index (χ2v) is 6.30. The zero-order valence-electron chi connectivity index (χ0n) is 11.1. The van der Waals surface area contributed by atoms with Crippen molar-refractivity contribution in [1.82, 2.24) is 0 Å². The van der Waals surface area contributed by atoms with Crippen LogP contribution in [0, 0.1) is 5.41 Å². The first-order valence-corrected chi connectivity index (χ1v) is 7.80. The van der Waals surface area contributed by atoms with E-state index in [1.165, 1.54) is 30.6 Å². The molecule has 1 aromatic heterocycles. The molecule has 1 heterocycles. The van der Waals surface area contributed by atoms with Crippen LogP contribution in [0.1, 0.15) is 50.3 Å². The van der Waals surface area contributed by atoms with Gasteiger partial charge in [-0.1, -0.05) is 18.9 Å². The largest absolute Gasteiger partial charge is 0.466 e. The number of ether oxygens (including phenoxy) is 1. The van der Waals surface area contributed by atoms with Crippen molar-refractivity contribution < 1.29 is 9.53 Å². The van der Waals surface area contributed by atoms with E-state index in [-0.39, 0.29) is 11.4 Å². The Hall–Kier alpha value is -0.830. The van der Waals surface area contributed by atoms with Crippen LogP contribution in [-0.4, -0.2) is 12.6 Å². The van der Waals surface area contributed by atoms with Gasteiger partial charge in [0.1, 0.15) is 0 Å². The molecule has 0 amide bonds. The molecule has 1 aromatic rings. The predicted molar refractivity (Wildman–Crippen MR) is 74.8 cm³/mol. The van der Waals surface area contributed by atoms with Crippen molar-refractivity contribution >= 4 is 17.3 Å². The third-order valence-corrected chi connectivity index (χ3v) is 4.91. The second kappa shape index (κ2) is 6.37. The van der Waals surface area contributed by atoms with Gasteiger partial charge in [0.2, 0.25) is 0 Å².